The first-order chi connectivity index (χ1) is 5.02. The molecule has 0 aromatic heterocycles. The van der Waals surface area contributed by atoms with Crippen LogP contribution >= 0.6 is 12.4 Å². The van der Waals surface area contributed by atoms with Gasteiger partial charge in [0.25, 0.3) is 5.78 Å². The maximum absolute atomic E-state index is 11.7. The molecule has 1 heterocycles. The highest BCUT2D eigenvalue weighted by atomic mass is 35.5. The number of Topliss-reactive ketones (excluding diaryl/α,β-unsaturated/α-hetero) is 1. The number of ketones is 1. The van der Waals surface area contributed by atoms with E-state index in [9.17, 15) is 18.0 Å². The summed E-state index contributed by atoms with van der Waals surface area (Å²) in [5, 5.41) is 2.49. The largest absolute Gasteiger partial charge is 0.451 e. The van der Waals surface area contributed by atoms with Crippen LogP contribution in [-0.2, 0) is 4.79 Å². The lowest BCUT2D eigenvalue weighted by molar-refractivity contribution is -0.172. The molecule has 0 radical (unpaired) electrons. The number of carbonyl (C=O) groups excluding carboxylic acids is 1. The molecular weight excluding hydrogens is 195 g/mol. The van der Waals surface area contributed by atoms with E-state index in [1.165, 1.54) is 0 Å². The van der Waals surface area contributed by atoms with Crippen LogP contribution < -0.4 is 5.32 Å². The fourth-order valence-corrected chi connectivity index (χ4v) is 1.11. The number of halogens is 4. The predicted octanol–water partition coefficient (Wildman–Crippen LogP) is 1.29. The fourth-order valence-electron chi connectivity index (χ4n) is 1.11. The minimum absolute atomic E-state index is 0. The van der Waals surface area contributed by atoms with Crippen LogP contribution in [0.15, 0.2) is 0 Å². The molecule has 1 fully saturated rings. The van der Waals surface area contributed by atoms with Crippen molar-refractivity contribution in [1.29, 1.82) is 0 Å². The summed E-state index contributed by atoms with van der Waals surface area (Å²) in [7, 11) is 0. The summed E-state index contributed by atoms with van der Waals surface area (Å²) in [6.07, 6.45) is -3.73. The molecule has 0 aromatic rings. The summed E-state index contributed by atoms with van der Waals surface area (Å²) in [5.41, 5.74) is 0. The van der Waals surface area contributed by atoms with E-state index < -0.39 is 18.0 Å². The molecule has 0 aromatic carbocycles. The first kappa shape index (κ1) is 11.7. The number of hydrogen-bond acceptors (Lipinski definition) is 2. The van der Waals surface area contributed by atoms with Gasteiger partial charge in [-0.25, -0.2) is 0 Å². The Morgan fingerprint density at radius 2 is 2.00 bits per heavy atom. The summed E-state index contributed by atoms with van der Waals surface area (Å²) < 4.78 is 35.1. The molecule has 0 amide bonds. The molecule has 2 nitrogen and oxygen atoms in total. The molecule has 0 spiro atoms. The summed E-state index contributed by atoms with van der Waals surface area (Å²) in [4.78, 5) is 10.5. The van der Waals surface area contributed by atoms with Gasteiger partial charge in [0.15, 0.2) is 0 Å². The van der Waals surface area contributed by atoms with E-state index in [0.717, 1.165) is 0 Å². The fraction of sp³-hybridized carbons (Fsp3) is 0.833. The molecular formula is C6H9ClF3NO. The highest BCUT2D eigenvalue weighted by Gasteiger charge is 2.43. The molecule has 1 aliphatic heterocycles. The summed E-state index contributed by atoms with van der Waals surface area (Å²) in [6.45, 7) is 0.506. The van der Waals surface area contributed by atoms with Crippen molar-refractivity contribution >= 4 is 18.2 Å². The zero-order valence-electron chi connectivity index (χ0n) is 6.15. The molecule has 12 heavy (non-hydrogen) atoms. The topological polar surface area (TPSA) is 29.1 Å². The Labute approximate surface area is 73.9 Å². The molecule has 1 saturated heterocycles. The van der Waals surface area contributed by atoms with Crippen molar-refractivity contribution in [3.05, 3.63) is 0 Å². The van der Waals surface area contributed by atoms with Crippen molar-refractivity contribution in [1.82, 2.24) is 5.32 Å². The van der Waals surface area contributed by atoms with Crippen molar-refractivity contribution in [3.63, 3.8) is 0 Å². The van der Waals surface area contributed by atoms with Gasteiger partial charge in [-0.2, -0.15) is 13.2 Å². The second kappa shape index (κ2) is 4.09. The van der Waals surface area contributed by atoms with Crippen molar-refractivity contribution in [2.75, 3.05) is 6.54 Å². The molecule has 0 saturated carbocycles. The van der Waals surface area contributed by atoms with Crippen LogP contribution in [0.5, 0.6) is 0 Å². The lowest BCUT2D eigenvalue weighted by atomic mass is 10.1. The van der Waals surface area contributed by atoms with Gasteiger partial charge in [0.1, 0.15) is 0 Å². The number of carbonyl (C=O) groups is 1. The van der Waals surface area contributed by atoms with E-state index in [0.29, 0.717) is 19.4 Å². The monoisotopic (exact) mass is 203 g/mol. The zero-order chi connectivity index (χ0) is 8.48. The molecule has 1 aliphatic rings. The molecule has 0 aliphatic carbocycles. The maximum atomic E-state index is 11.7. The van der Waals surface area contributed by atoms with Gasteiger partial charge in [0, 0.05) is 0 Å². The highest BCUT2D eigenvalue weighted by molar-refractivity contribution is 5.89. The normalized spacial score (nSPS) is 23.4. The standard InChI is InChI=1S/C6H8F3NO.ClH/c7-6(8,9)5(11)4-2-1-3-10-4;/h4,10H,1-3H2;1H. The number of rotatable bonds is 1. The Hall–Kier alpha value is -0.290. The Balaban J connectivity index is 0.00000121. The Bertz CT molecular complexity index is 165. The van der Waals surface area contributed by atoms with Gasteiger partial charge in [-0.1, -0.05) is 0 Å². The van der Waals surface area contributed by atoms with Crippen LogP contribution in [0.1, 0.15) is 12.8 Å². The van der Waals surface area contributed by atoms with E-state index in [1.807, 2.05) is 0 Å². The quantitative estimate of drug-likeness (QED) is 0.696. The minimum atomic E-state index is -4.68. The smallest absolute Gasteiger partial charge is 0.307 e. The van der Waals surface area contributed by atoms with Crippen LogP contribution in [-0.4, -0.2) is 24.5 Å². The van der Waals surface area contributed by atoms with E-state index in [2.05, 4.69) is 5.32 Å². The second-order valence-corrected chi connectivity index (χ2v) is 2.51. The number of hydrogen-bond donors (Lipinski definition) is 1. The van der Waals surface area contributed by atoms with Crippen LogP contribution in [0.4, 0.5) is 13.2 Å². The van der Waals surface area contributed by atoms with E-state index in [-0.39, 0.29) is 12.4 Å². The van der Waals surface area contributed by atoms with E-state index in [4.69, 9.17) is 0 Å². The third-order valence-corrected chi connectivity index (χ3v) is 1.66. The minimum Gasteiger partial charge on any atom is -0.307 e. The Kier molecular flexibility index (Phi) is 3.99. The maximum Gasteiger partial charge on any atom is 0.451 e. The SMILES string of the molecule is Cl.O=C(C1CCCN1)C(F)(F)F. The summed E-state index contributed by atoms with van der Waals surface area (Å²) in [5.74, 6) is -1.64. The average Bonchev–Trinajstić information content (AvgIpc) is 2.34. The first-order valence-corrected chi connectivity index (χ1v) is 3.36. The van der Waals surface area contributed by atoms with E-state index >= 15 is 0 Å². The van der Waals surface area contributed by atoms with Crippen LogP contribution in [0.2, 0.25) is 0 Å². The van der Waals surface area contributed by atoms with Gasteiger partial charge in [-0.3, -0.25) is 4.79 Å². The van der Waals surface area contributed by atoms with Crippen molar-refractivity contribution < 1.29 is 18.0 Å². The third kappa shape index (κ3) is 2.64. The predicted molar refractivity (Wildman–Crippen MR) is 39.3 cm³/mol. The van der Waals surface area contributed by atoms with Crippen LogP contribution in [0, 0.1) is 0 Å². The molecule has 1 atom stereocenters. The van der Waals surface area contributed by atoms with Crippen molar-refractivity contribution in [2.45, 2.75) is 25.1 Å². The molecule has 6 heteroatoms. The second-order valence-electron chi connectivity index (χ2n) is 2.51. The van der Waals surface area contributed by atoms with E-state index in [1.54, 1.807) is 0 Å². The molecule has 1 rings (SSSR count). The first-order valence-electron chi connectivity index (χ1n) is 3.36. The Morgan fingerprint density at radius 3 is 2.33 bits per heavy atom. The van der Waals surface area contributed by atoms with Gasteiger partial charge in [0.05, 0.1) is 6.04 Å². The van der Waals surface area contributed by atoms with Gasteiger partial charge in [-0.15, -0.1) is 12.4 Å². The third-order valence-electron chi connectivity index (χ3n) is 1.66. The lowest BCUT2D eigenvalue weighted by Gasteiger charge is -2.10. The zero-order valence-corrected chi connectivity index (χ0v) is 6.97. The lowest BCUT2D eigenvalue weighted by Crippen LogP contribution is -2.40. The summed E-state index contributed by atoms with van der Waals surface area (Å²) in [6, 6.07) is -0.991. The van der Waals surface area contributed by atoms with Crippen LogP contribution in [0.3, 0.4) is 0 Å². The number of nitrogens with one attached hydrogen (secondary N) is 1. The van der Waals surface area contributed by atoms with Crippen molar-refractivity contribution in [2.24, 2.45) is 0 Å². The Morgan fingerprint density at radius 1 is 1.42 bits per heavy atom. The summed E-state index contributed by atoms with van der Waals surface area (Å²) >= 11 is 0. The molecule has 72 valence electrons. The highest BCUT2D eigenvalue weighted by Crippen LogP contribution is 2.21. The number of alkyl halides is 3. The van der Waals surface area contributed by atoms with Crippen LogP contribution in [0.25, 0.3) is 0 Å². The molecule has 1 unspecified atom stereocenters. The van der Waals surface area contributed by atoms with Gasteiger partial charge < -0.3 is 5.32 Å². The molecule has 0 bridgehead atoms. The van der Waals surface area contributed by atoms with Gasteiger partial charge >= 0.3 is 6.18 Å². The van der Waals surface area contributed by atoms with Gasteiger partial charge in [0.2, 0.25) is 0 Å². The average molecular weight is 204 g/mol. The molecule has 1 N–H and O–H groups in total. The van der Waals surface area contributed by atoms with Gasteiger partial charge in [-0.05, 0) is 19.4 Å². The van der Waals surface area contributed by atoms with Crippen molar-refractivity contribution in [3.8, 4) is 0 Å².